The number of nitrogens with zero attached hydrogens (tertiary/aromatic N) is 1. The van der Waals surface area contributed by atoms with Gasteiger partial charge in [-0.1, -0.05) is 17.7 Å². The summed E-state index contributed by atoms with van der Waals surface area (Å²) in [5.41, 5.74) is 4.15. The molecule has 2 heterocycles. The molecule has 0 spiro atoms. The summed E-state index contributed by atoms with van der Waals surface area (Å²) in [6.07, 6.45) is 6.92. The molecule has 0 saturated carbocycles. The van der Waals surface area contributed by atoms with Crippen molar-refractivity contribution < 1.29 is 19.1 Å². The third-order valence-corrected chi connectivity index (χ3v) is 6.48. The van der Waals surface area contributed by atoms with Crippen molar-refractivity contribution in [2.45, 2.75) is 63.5 Å². The number of carbonyl (C=O) groups is 3. The summed E-state index contributed by atoms with van der Waals surface area (Å²) >= 11 is 0. The van der Waals surface area contributed by atoms with Gasteiger partial charge in [0.2, 0.25) is 5.91 Å². The van der Waals surface area contributed by atoms with Gasteiger partial charge in [-0.3, -0.25) is 14.9 Å². The monoisotopic (exact) mass is 411 g/mol. The molecule has 1 fully saturated rings. The van der Waals surface area contributed by atoms with Gasteiger partial charge in [-0.05, 0) is 68.2 Å². The Morgan fingerprint density at radius 2 is 1.90 bits per heavy atom. The van der Waals surface area contributed by atoms with Gasteiger partial charge in [0.25, 0.3) is 5.91 Å². The second kappa shape index (κ2) is 8.90. The van der Waals surface area contributed by atoms with E-state index in [1.807, 2.05) is 17.0 Å². The molecule has 1 aromatic carbocycles. The van der Waals surface area contributed by atoms with E-state index in [2.05, 4.69) is 22.8 Å². The Hall–Kier alpha value is -2.83. The van der Waals surface area contributed by atoms with Crippen molar-refractivity contribution in [3.8, 4) is 5.75 Å². The van der Waals surface area contributed by atoms with Gasteiger partial charge < -0.3 is 15.0 Å². The molecular weight excluding hydrogens is 382 g/mol. The number of urea groups is 1. The van der Waals surface area contributed by atoms with Gasteiger partial charge in [-0.2, -0.15) is 0 Å². The smallest absolute Gasteiger partial charge is 0.322 e. The molecule has 30 heavy (non-hydrogen) atoms. The molecule has 0 aromatic heterocycles. The maximum absolute atomic E-state index is 13.2. The summed E-state index contributed by atoms with van der Waals surface area (Å²) in [6, 6.07) is 7.03. The number of imide groups is 1. The van der Waals surface area contributed by atoms with Crippen LogP contribution in [0.2, 0.25) is 0 Å². The SMILES string of the molecule is COc1ccc(C[C@@H]2C3=C(CCCC3)CCN2C(=O)CC[C@@H]2NC(=O)NC2=O)cc1. The van der Waals surface area contributed by atoms with Crippen molar-refractivity contribution in [3.63, 3.8) is 0 Å². The number of rotatable bonds is 6. The first-order valence-corrected chi connectivity index (χ1v) is 10.8. The average Bonchev–Trinajstić information content (AvgIpc) is 3.09. The lowest BCUT2D eigenvalue weighted by Gasteiger charge is -2.41. The van der Waals surface area contributed by atoms with Crippen molar-refractivity contribution in [2.24, 2.45) is 0 Å². The van der Waals surface area contributed by atoms with Crippen LogP contribution in [0.3, 0.4) is 0 Å². The Balaban J connectivity index is 1.49. The minimum atomic E-state index is -0.615. The molecule has 0 radical (unpaired) electrons. The van der Waals surface area contributed by atoms with Crippen LogP contribution in [0.1, 0.15) is 50.5 Å². The lowest BCUT2D eigenvalue weighted by atomic mass is 9.80. The Kier molecular flexibility index (Phi) is 6.06. The normalized spacial score (nSPS) is 23.7. The molecule has 0 unspecified atom stereocenters. The second-order valence-corrected chi connectivity index (χ2v) is 8.30. The van der Waals surface area contributed by atoms with E-state index in [0.717, 1.165) is 38.0 Å². The molecule has 4 rings (SSSR count). The molecule has 7 heteroatoms. The molecule has 2 N–H and O–H groups in total. The first-order valence-electron chi connectivity index (χ1n) is 10.8. The van der Waals surface area contributed by atoms with Crippen LogP contribution in [0, 0.1) is 0 Å². The van der Waals surface area contributed by atoms with Crippen LogP contribution in [0.25, 0.3) is 0 Å². The molecule has 0 bridgehead atoms. The minimum Gasteiger partial charge on any atom is -0.497 e. The van der Waals surface area contributed by atoms with Crippen LogP contribution < -0.4 is 15.4 Å². The molecule has 1 aromatic rings. The van der Waals surface area contributed by atoms with Gasteiger partial charge >= 0.3 is 6.03 Å². The fourth-order valence-electron chi connectivity index (χ4n) is 4.87. The van der Waals surface area contributed by atoms with Gasteiger partial charge in [-0.25, -0.2) is 4.79 Å². The summed E-state index contributed by atoms with van der Waals surface area (Å²) < 4.78 is 5.26. The number of ether oxygens (including phenoxy) is 1. The maximum atomic E-state index is 13.2. The Morgan fingerprint density at radius 1 is 1.13 bits per heavy atom. The fourth-order valence-corrected chi connectivity index (χ4v) is 4.87. The van der Waals surface area contributed by atoms with Gasteiger partial charge in [-0.15, -0.1) is 0 Å². The highest BCUT2D eigenvalue weighted by atomic mass is 16.5. The van der Waals surface area contributed by atoms with Gasteiger partial charge in [0, 0.05) is 13.0 Å². The first kappa shape index (κ1) is 20.4. The third kappa shape index (κ3) is 4.35. The Morgan fingerprint density at radius 3 is 2.60 bits per heavy atom. The lowest BCUT2D eigenvalue weighted by Crippen LogP contribution is -2.47. The quantitative estimate of drug-likeness (QED) is 0.557. The molecule has 160 valence electrons. The Labute approximate surface area is 176 Å². The summed E-state index contributed by atoms with van der Waals surface area (Å²) in [6.45, 7) is 0.724. The summed E-state index contributed by atoms with van der Waals surface area (Å²) in [7, 11) is 1.66. The van der Waals surface area contributed by atoms with Crippen LogP contribution in [0.5, 0.6) is 5.75 Å². The molecule has 1 saturated heterocycles. The predicted octanol–water partition coefficient (Wildman–Crippen LogP) is 2.70. The van der Waals surface area contributed by atoms with Crippen molar-refractivity contribution in [1.29, 1.82) is 0 Å². The highest BCUT2D eigenvalue weighted by Crippen LogP contribution is 2.36. The van der Waals surface area contributed by atoms with Gasteiger partial charge in [0.05, 0.1) is 13.2 Å². The number of carbonyl (C=O) groups excluding carboxylic acids is 3. The van der Waals surface area contributed by atoms with E-state index in [-0.39, 0.29) is 24.3 Å². The van der Waals surface area contributed by atoms with E-state index in [1.54, 1.807) is 7.11 Å². The predicted molar refractivity (Wildman–Crippen MR) is 112 cm³/mol. The number of benzene rings is 1. The third-order valence-electron chi connectivity index (χ3n) is 6.48. The number of nitrogens with one attached hydrogen (secondary N) is 2. The lowest BCUT2D eigenvalue weighted by molar-refractivity contribution is -0.133. The zero-order valence-corrected chi connectivity index (χ0v) is 17.4. The van der Waals surface area contributed by atoms with Crippen LogP contribution in [-0.2, 0) is 16.0 Å². The van der Waals surface area contributed by atoms with Crippen LogP contribution in [0.4, 0.5) is 4.79 Å². The molecule has 2 aliphatic heterocycles. The summed E-state index contributed by atoms with van der Waals surface area (Å²) in [5.74, 6) is 0.530. The van der Waals surface area contributed by atoms with E-state index in [1.165, 1.54) is 29.6 Å². The average molecular weight is 412 g/mol. The molecule has 7 nitrogen and oxygen atoms in total. The molecule has 2 atom stereocenters. The van der Waals surface area contributed by atoms with Crippen molar-refractivity contribution in [2.75, 3.05) is 13.7 Å². The number of amides is 4. The van der Waals surface area contributed by atoms with E-state index in [9.17, 15) is 14.4 Å². The van der Waals surface area contributed by atoms with Crippen molar-refractivity contribution in [1.82, 2.24) is 15.5 Å². The standard InChI is InChI=1S/C23H29N3O4/c1-30-17-8-6-15(7-9-17)14-20-18-5-3-2-4-16(18)12-13-26(20)21(27)11-10-19-22(28)25-23(29)24-19/h6-9,19-20H,2-5,10-14H2,1H3,(H2,24,25,28,29)/t19-,20+/m0/s1. The maximum Gasteiger partial charge on any atom is 0.322 e. The van der Waals surface area contributed by atoms with Gasteiger partial charge in [0.1, 0.15) is 11.8 Å². The fraction of sp³-hybridized carbons (Fsp3) is 0.522. The Bertz CT molecular complexity index is 862. The zero-order valence-electron chi connectivity index (χ0n) is 17.4. The first-order chi connectivity index (χ1) is 14.5. The van der Waals surface area contributed by atoms with Crippen molar-refractivity contribution in [3.05, 3.63) is 41.0 Å². The molecule has 3 aliphatic rings. The van der Waals surface area contributed by atoms with E-state index < -0.39 is 12.1 Å². The van der Waals surface area contributed by atoms with Crippen LogP contribution >= 0.6 is 0 Å². The molecule has 1 aliphatic carbocycles. The second-order valence-electron chi connectivity index (χ2n) is 8.30. The van der Waals surface area contributed by atoms with E-state index in [4.69, 9.17) is 4.74 Å². The number of methoxy groups -OCH3 is 1. The highest BCUT2D eigenvalue weighted by molar-refractivity contribution is 6.04. The molecule has 4 amide bonds. The highest BCUT2D eigenvalue weighted by Gasteiger charge is 2.35. The summed E-state index contributed by atoms with van der Waals surface area (Å²) in [4.78, 5) is 38.3. The zero-order chi connectivity index (χ0) is 21.1. The largest absolute Gasteiger partial charge is 0.497 e. The van der Waals surface area contributed by atoms with Crippen molar-refractivity contribution >= 4 is 17.8 Å². The number of hydrogen-bond donors (Lipinski definition) is 2. The minimum absolute atomic E-state index is 0.0552. The molecular formula is C23H29N3O4. The van der Waals surface area contributed by atoms with E-state index in [0.29, 0.717) is 6.42 Å². The van der Waals surface area contributed by atoms with Gasteiger partial charge in [0.15, 0.2) is 0 Å². The van der Waals surface area contributed by atoms with E-state index >= 15 is 0 Å². The van der Waals surface area contributed by atoms with Crippen LogP contribution in [-0.4, -0.2) is 48.5 Å². The number of hydrogen-bond acceptors (Lipinski definition) is 4. The summed E-state index contributed by atoms with van der Waals surface area (Å²) in [5, 5.41) is 4.80. The van der Waals surface area contributed by atoms with Crippen LogP contribution in [0.15, 0.2) is 35.4 Å². The topological polar surface area (TPSA) is 87.7 Å².